The second-order valence-corrected chi connectivity index (χ2v) is 7.15. The number of piperazine rings is 1. The monoisotopic (exact) mass is 366 g/mol. The lowest BCUT2D eigenvalue weighted by atomic mass is 9.96. The predicted octanol–water partition coefficient (Wildman–Crippen LogP) is 2.90. The van der Waals surface area contributed by atoms with E-state index in [2.05, 4.69) is 51.3 Å². The van der Waals surface area contributed by atoms with Crippen LogP contribution in [-0.2, 0) is 4.79 Å². The molecule has 0 radical (unpaired) electrons. The molecule has 0 aliphatic carbocycles. The largest absolute Gasteiger partial charge is 0.354 e. The highest BCUT2D eigenvalue weighted by Crippen LogP contribution is 2.18. The molecule has 0 bridgehead atoms. The Morgan fingerprint density at radius 2 is 1.78 bits per heavy atom. The molecule has 1 amide bonds. The molecule has 2 aromatic rings. The van der Waals surface area contributed by atoms with Crippen molar-refractivity contribution in [3.63, 3.8) is 0 Å². The smallest absolute Gasteiger partial charge is 0.237 e. The minimum absolute atomic E-state index is 0.107. The third kappa shape index (κ3) is 5.07. The molecule has 1 aromatic heterocycles. The van der Waals surface area contributed by atoms with E-state index in [0.29, 0.717) is 12.5 Å². The van der Waals surface area contributed by atoms with Gasteiger partial charge in [0.15, 0.2) is 0 Å². The van der Waals surface area contributed by atoms with Crippen molar-refractivity contribution >= 4 is 11.7 Å². The van der Waals surface area contributed by atoms with E-state index in [1.165, 1.54) is 5.56 Å². The number of anilines is 1. The highest BCUT2D eigenvalue weighted by Gasteiger charge is 2.26. The highest BCUT2D eigenvalue weighted by atomic mass is 16.2. The molecule has 27 heavy (non-hydrogen) atoms. The number of carbonyl (C=O) groups excluding carboxylic acids is 1. The molecule has 1 aliphatic heterocycles. The first-order valence-corrected chi connectivity index (χ1v) is 9.91. The fraction of sp³-hybridized carbons (Fsp3) is 0.455. The van der Waals surface area contributed by atoms with Crippen molar-refractivity contribution in [2.45, 2.75) is 32.2 Å². The van der Waals surface area contributed by atoms with Crippen molar-refractivity contribution in [2.24, 2.45) is 0 Å². The first-order chi connectivity index (χ1) is 13.2. The molecule has 0 unspecified atom stereocenters. The Morgan fingerprint density at radius 3 is 2.41 bits per heavy atom. The maximum Gasteiger partial charge on any atom is 0.237 e. The van der Waals surface area contributed by atoms with Crippen LogP contribution in [0, 0.1) is 0 Å². The van der Waals surface area contributed by atoms with Gasteiger partial charge in [0, 0.05) is 44.8 Å². The third-order valence-corrected chi connectivity index (χ3v) is 5.50. The van der Waals surface area contributed by atoms with Crippen LogP contribution in [-0.4, -0.2) is 54.6 Å². The Labute approximate surface area is 162 Å². The number of nitrogens with one attached hydrogen (secondary N) is 1. The SMILES string of the molecule is CC[C@@H](CNC(=O)[C@@H](C)N1CCN(c2ccccn2)CC1)c1ccccc1. The maximum absolute atomic E-state index is 12.7. The van der Waals surface area contributed by atoms with Crippen LogP contribution in [0.5, 0.6) is 0 Å². The highest BCUT2D eigenvalue weighted by molar-refractivity contribution is 5.81. The molecule has 2 atom stereocenters. The molecule has 1 aliphatic rings. The van der Waals surface area contributed by atoms with E-state index in [-0.39, 0.29) is 11.9 Å². The molecule has 1 fully saturated rings. The third-order valence-electron chi connectivity index (χ3n) is 5.50. The molecule has 1 N–H and O–H groups in total. The van der Waals surface area contributed by atoms with Crippen molar-refractivity contribution in [3.05, 3.63) is 60.3 Å². The minimum atomic E-state index is -0.107. The van der Waals surface area contributed by atoms with Crippen molar-refractivity contribution in [1.29, 1.82) is 0 Å². The van der Waals surface area contributed by atoms with E-state index >= 15 is 0 Å². The summed E-state index contributed by atoms with van der Waals surface area (Å²) in [5.74, 6) is 1.50. The molecular weight excluding hydrogens is 336 g/mol. The quantitative estimate of drug-likeness (QED) is 0.819. The van der Waals surface area contributed by atoms with E-state index < -0.39 is 0 Å². The van der Waals surface area contributed by atoms with Gasteiger partial charge < -0.3 is 10.2 Å². The number of rotatable bonds is 7. The number of benzene rings is 1. The predicted molar refractivity (Wildman–Crippen MR) is 110 cm³/mol. The number of nitrogens with zero attached hydrogens (tertiary/aromatic N) is 3. The second kappa shape index (κ2) is 9.51. The molecule has 1 saturated heterocycles. The molecule has 2 heterocycles. The van der Waals surface area contributed by atoms with Crippen molar-refractivity contribution in [3.8, 4) is 0 Å². The van der Waals surface area contributed by atoms with Crippen LogP contribution in [0.15, 0.2) is 54.7 Å². The summed E-state index contributed by atoms with van der Waals surface area (Å²) < 4.78 is 0. The molecule has 3 rings (SSSR count). The normalized spacial score (nSPS) is 17.3. The van der Waals surface area contributed by atoms with Gasteiger partial charge in [-0.05, 0) is 31.0 Å². The molecular formula is C22H30N4O. The number of pyridine rings is 1. The van der Waals surface area contributed by atoms with Crippen LogP contribution in [0.2, 0.25) is 0 Å². The first-order valence-electron chi connectivity index (χ1n) is 9.91. The number of carbonyl (C=O) groups is 1. The molecule has 5 nitrogen and oxygen atoms in total. The average molecular weight is 367 g/mol. The topological polar surface area (TPSA) is 48.5 Å². The molecule has 1 aromatic carbocycles. The first kappa shape index (κ1) is 19.4. The van der Waals surface area contributed by atoms with E-state index in [9.17, 15) is 4.79 Å². The fourth-order valence-electron chi connectivity index (χ4n) is 3.64. The minimum Gasteiger partial charge on any atom is -0.354 e. The zero-order valence-corrected chi connectivity index (χ0v) is 16.3. The molecule has 0 spiro atoms. The van der Waals surface area contributed by atoms with Crippen LogP contribution >= 0.6 is 0 Å². The summed E-state index contributed by atoms with van der Waals surface area (Å²) in [5, 5.41) is 3.17. The van der Waals surface area contributed by atoms with Crippen LogP contribution < -0.4 is 10.2 Å². The van der Waals surface area contributed by atoms with Gasteiger partial charge in [0.05, 0.1) is 6.04 Å². The van der Waals surface area contributed by atoms with Crippen LogP contribution in [0.1, 0.15) is 31.7 Å². The second-order valence-electron chi connectivity index (χ2n) is 7.15. The van der Waals surface area contributed by atoms with E-state index in [4.69, 9.17) is 0 Å². The van der Waals surface area contributed by atoms with Crippen molar-refractivity contribution in [1.82, 2.24) is 15.2 Å². The fourth-order valence-corrected chi connectivity index (χ4v) is 3.64. The summed E-state index contributed by atoms with van der Waals surface area (Å²) in [6.07, 6.45) is 2.84. The number of amides is 1. The lowest BCUT2D eigenvalue weighted by Crippen LogP contribution is -2.54. The number of hydrogen-bond acceptors (Lipinski definition) is 4. The number of hydrogen-bond donors (Lipinski definition) is 1. The summed E-state index contributed by atoms with van der Waals surface area (Å²) >= 11 is 0. The van der Waals surface area contributed by atoms with Crippen LogP contribution in [0.25, 0.3) is 0 Å². The Hall–Kier alpha value is -2.40. The molecule has 5 heteroatoms. The zero-order chi connectivity index (χ0) is 19.1. The standard InChI is InChI=1S/C22H30N4O/c1-3-19(20-9-5-4-6-10-20)17-24-22(27)18(2)25-13-15-26(16-14-25)21-11-7-8-12-23-21/h4-12,18-19H,3,13-17H2,1-2H3,(H,24,27)/t18-,19+/m1/s1. The van der Waals surface area contributed by atoms with Gasteiger partial charge in [-0.15, -0.1) is 0 Å². The summed E-state index contributed by atoms with van der Waals surface area (Å²) in [7, 11) is 0. The van der Waals surface area contributed by atoms with Crippen molar-refractivity contribution < 1.29 is 4.79 Å². The Balaban J connectivity index is 1.48. The summed E-state index contributed by atoms with van der Waals surface area (Å²) in [4.78, 5) is 21.6. The van der Waals surface area contributed by atoms with Gasteiger partial charge in [-0.3, -0.25) is 9.69 Å². The van der Waals surface area contributed by atoms with Gasteiger partial charge in [-0.2, -0.15) is 0 Å². The van der Waals surface area contributed by atoms with Crippen molar-refractivity contribution in [2.75, 3.05) is 37.6 Å². The van der Waals surface area contributed by atoms with Gasteiger partial charge in [0.2, 0.25) is 5.91 Å². The Bertz CT molecular complexity index is 699. The van der Waals surface area contributed by atoms with Gasteiger partial charge in [-0.1, -0.05) is 43.3 Å². The van der Waals surface area contributed by atoms with Gasteiger partial charge in [-0.25, -0.2) is 4.98 Å². The van der Waals surface area contributed by atoms with E-state index in [1.807, 2.05) is 37.4 Å². The average Bonchev–Trinajstić information content (AvgIpc) is 2.75. The Morgan fingerprint density at radius 1 is 1.07 bits per heavy atom. The van der Waals surface area contributed by atoms with Crippen LogP contribution in [0.3, 0.4) is 0 Å². The van der Waals surface area contributed by atoms with Crippen LogP contribution in [0.4, 0.5) is 5.82 Å². The Kier molecular flexibility index (Phi) is 6.82. The summed E-state index contributed by atoms with van der Waals surface area (Å²) in [5.41, 5.74) is 1.29. The summed E-state index contributed by atoms with van der Waals surface area (Å²) in [6, 6.07) is 16.3. The van der Waals surface area contributed by atoms with E-state index in [0.717, 1.165) is 38.4 Å². The van der Waals surface area contributed by atoms with Gasteiger partial charge in [0.25, 0.3) is 0 Å². The number of aromatic nitrogens is 1. The zero-order valence-electron chi connectivity index (χ0n) is 16.3. The molecule has 144 valence electrons. The summed E-state index contributed by atoms with van der Waals surface area (Å²) in [6.45, 7) is 8.42. The lowest BCUT2D eigenvalue weighted by Gasteiger charge is -2.38. The van der Waals surface area contributed by atoms with E-state index in [1.54, 1.807) is 0 Å². The maximum atomic E-state index is 12.7. The van der Waals surface area contributed by atoms with Gasteiger partial charge >= 0.3 is 0 Å². The lowest BCUT2D eigenvalue weighted by molar-refractivity contribution is -0.126. The molecule has 0 saturated carbocycles. The van der Waals surface area contributed by atoms with Gasteiger partial charge in [0.1, 0.15) is 5.82 Å².